The van der Waals surface area contributed by atoms with Crippen LogP contribution in [0.15, 0.2) is 71.8 Å². The molecule has 0 radical (unpaired) electrons. The number of ether oxygens (including phenoxy) is 1. The summed E-state index contributed by atoms with van der Waals surface area (Å²) in [5.41, 5.74) is 3.92. The van der Waals surface area contributed by atoms with Crippen molar-refractivity contribution >= 4 is 33.7 Å². The van der Waals surface area contributed by atoms with Crippen molar-refractivity contribution in [3.05, 3.63) is 82.2 Å². The Kier molecular flexibility index (Phi) is 5.43. The molecular weight excluding hydrogens is 462 g/mol. The molecule has 6 rings (SSSR count). The average molecular weight is 484 g/mol. The number of aromatic amines is 1. The van der Waals surface area contributed by atoms with Crippen LogP contribution < -0.4 is 10.2 Å². The average Bonchev–Trinajstić information content (AvgIpc) is 3.30. The highest BCUT2D eigenvalue weighted by atomic mass is 35.5. The van der Waals surface area contributed by atoms with Crippen LogP contribution in [0.4, 0.5) is 0 Å². The lowest BCUT2D eigenvalue weighted by atomic mass is 10.0. The van der Waals surface area contributed by atoms with Crippen LogP contribution in [0, 0.1) is 0 Å². The van der Waals surface area contributed by atoms with E-state index >= 15 is 0 Å². The van der Waals surface area contributed by atoms with Crippen LogP contribution in [-0.4, -0.2) is 51.1 Å². The predicted octanol–water partition coefficient (Wildman–Crippen LogP) is 4.94. The predicted molar refractivity (Wildman–Crippen MR) is 138 cm³/mol. The summed E-state index contributed by atoms with van der Waals surface area (Å²) >= 11 is 6.59. The van der Waals surface area contributed by atoms with E-state index in [1.807, 2.05) is 61.6 Å². The molecule has 7 nitrogen and oxygen atoms in total. The number of hydrogen-bond acceptors (Lipinski definition) is 6. The van der Waals surface area contributed by atoms with Crippen LogP contribution in [-0.2, 0) is 0 Å². The number of nitrogens with one attached hydrogen (secondary N) is 1. The fourth-order valence-electron chi connectivity index (χ4n) is 4.55. The summed E-state index contributed by atoms with van der Waals surface area (Å²) in [7, 11) is 2.04. The Bertz CT molecular complexity index is 1620. The molecule has 1 unspecified atom stereocenters. The minimum Gasteiger partial charge on any atom is -0.483 e. The Morgan fingerprint density at radius 3 is 2.66 bits per heavy atom. The first-order valence-corrected chi connectivity index (χ1v) is 11.8. The first-order chi connectivity index (χ1) is 17.1. The molecule has 0 spiro atoms. The summed E-state index contributed by atoms with van der Waals surface area (Å²) in [6, 6.07) is 17.4. The third kappa shape index (κ3) is 4.03. The van der Waals surface area contributed by atoms with Crippen molar-refractivity contribution in [2.24, 2.45) is 0 Å². The highest BCUT2D eigenvalue weighted by Crippen LogP contribution is 2.34. The number of hydrogen-bond donors (Lipinski definition) is 1. The van der Waals surface area contributed by atoms with Crippen molar-refractivity contribution in [3.8, 4) is 28.3 Å². The Labute approximate surface area is 206 Å². The molecule has 1 fully saturated rings. The van der Waals surface area contributed by atoms with Gasteiger partial charge in [-0.2, -0.15) is 0 Å². The standard InChI is InChI=1S/C27H22ClN5O2/c1-33-11-9-19(15-33)35-21-14-30-27-25(26(21)34)31-24(23(32-27)16-6-3-2-4-7-16)18-12-17-8-5-10-29-22(17)20(28)13-18/h2-8,10,12-14,19H,9,11,15H2,1H3,(H,30,32,34). The number of H-pyrrole nitrogens is 1. The molecule has 0 saturated carbocycles. The lowest BCUT2D eigenvalue weighted by Crippen LogP contribution is -2.24. The number of likely N-dealkylation sites (tertiary alicyclic amines) is 1. The van der Waals surface area contributed by atoms with Crippen molar-refractivity contribution in [1.29, 1.82) is 0 Å². The normalized spacial score (nSPS) is 16.2. The van der Waals surface area contributed by atoms with Crippen molar-refractivity contribution in [2.75, 3.05) is 20.1 Å². The van der Waals surface area contributed by atoms with Gasteiger partial charge in [-0.05, 0) is 31.7 Å². The third-order valence-electron chi connectivity index (χ3n) is 6.30. The molecule has 1 aliphatic rings. The van der Waals surface area contributed by atoms with E-state index < -0.39 is 0 Å². The van der Waals surface area contributed by atoms with Crippen molar-refractivity contribution in [3.63, 3.8) is 0 Å². The summed E-state index contributed by atoms with van der Waals surface area (Å²) in [5.74, 6) is 0.256. The molecule has 174 valence electrons. The van der Waals surface area contributed by atoms with Gasteiger partial charge < -0.3 is 14.6 Å². The van der Waals surface area contributed by atoms with E-state index in [0.717, 1.165) is 36.0 Å². The molecule has 0 amide bonds. The molecule has 2 aromatic carbocycles. The third-order valence-corrected chi connectivity index (χ3v) is 6.58. The summed E-state index contributed by atoms with van der Waals surface area (Å²) in [6.07, 6.45) is 4.15. The zero-order chi connectivity index (χ0) is 23.9. The number of likely N-dealkylation sites (N-methyl/N-ethyl adjacent to an activating group) is 1. The van der Waals surface area contributed by atoms with Crippen molar-refractivity contribution in [2.45, 2.75) is 12.5 Å². The molecule has 1 N–H and O–H groups in total. The number of benzene rings is 2. The van der Waals surface area contributed by atoms with Gasteiger partial charge >= 0.3 is 0 Å². The van der Waals surface area contributed by atoms with Crippen LogP contribution in [0.3, 0.4) is 0 Å². The lowest BCUT2D eigenvalue weighted by molar-refractivity contribution is 0.206. The number of fused-ring (bicyclic) bond motifs is 2. The second-order valence-electron chi connectivity index (χ2n) is 8.79. The molecule has 0 aliphatic carbocycles. The van der Waals surface area contributed by atoms with E-state index in [4.69, 9.17) is 26.3 Å². The molecule has 1 aliphatic heterocycles. The smallest absolute Gasteiger partial charge is 0.251 e. The van der Waals surface area contributed by atoms with Crippen LogP contribution in [0.25, 0.3) is 44.6 Å². The van der Waals surface area contributed by atoms with Gasteiger partial charge in [-0.3, -0.25) is 9.78 Å². The topological polar surface area (TPSA) is 84.0 Å². The Hall–Kier alpha value is -3.81. The maximum atomic E-state index is 13.4. The molecule has 0 bridgehead atoms. The molecule has 1 saturated heterocycles. The van der Waals surface area contributed by atoms with E-state index in [-0.39, 0.29) is 22.8 Å². The summed E-state index contributed by atoms with van der Waals surface area (Å²) in [6.45, 7) is 1.73. The first-order valence-electron chi connectivity index (χ1n) is 11.5. The second kappa shape index (κ2) is 8.76. The quantitative estimate of drug-likeness (QED) is 0.390. The maximum absolute atomic E-state index is 13.4. The van der Waals surface area contributed by atoms with Gasteiger partial charge in [-0.15, -0.1) is 0 Å². The van der Waals surface area contributed by atoms with E-state index in [0.29, 0.717) is 27.6 Å². The van der Waals surface area contributed by atoms with Crippen LogP contribution in [0.1, 0.15) is 6.42 Å². The second-order valence-corrected chi connectivity index (χ2v) is 9.20. The monoisotopic (exact) mass is 483 g/mol. The van der Waals surface area contributed by atoms with E-state index in [1.165, 1.54) is 0 Å². The Morgan fingerprint density at radius 2 is 1.86 bits per heavy atom. The SMILES string of the molecule is CN1CCC(Oc2c[nH]c3nc(-c4ccccc4)c(-c4cc(Cl)c5ncccc5c4)nc3c2=O)C1. The number of nitrogens with zero attached hydrogens (tertiary/aromatic N) is 4. The van der Waals surface area contributed by atoms with Gasteiger partial charge in [-0.25, -0.2) is 9.97 Å². The van der Waals surface area contributed by atoms with Crippen LogP contribution >= 0.6 is 11.6 Å². The van der Waals surface area contributed by atoms with Gasteiger partial charge in [0.05, 0.1) is 21.9 Å². The molecule has 5 aromatic rings. The number of pyridine rings is 2. The van der Waals surface area contributed by atoms with Gasteiger partial charge in [0.25, 0.3) is 5.43 Å². The van der Waals surface area contributed by atoms with Gasteiger partial charge in [0.2, 0.25) is 0 Å². The summed E-state index contributed by atoms with van der Waals surface area (Å²) in [4.78, 5) is 32.8. The molecule has 1 atom stereocenters. The van der Waals surface area contributed by atoms with Crippen molar-refractivity contribution in [1.82, 2.24) is 24.8 Å². The fraction of sp³-hybridized carbons (Fsp3) is 0.185. The number of rotatable bonds is 4. The van der Waals surface area contributed by atoms with E-state index in [9.17, 15) is 4.79 Å². The molecule has 8 heteroatoms. The fourth-order valence-corrected chi connectivity index (χ4v) is 4.83. The zero-order valence-electron chi connectivity index (χ0n) is 19.0. The largest absolute Gasteiger partial charge is 0.483 e. The minimum atomic E-state index is -0.282. The van der Waals surface area contributed by atoms with Gasteiger partial charge in [-0.1, -0.05) is 48.0 Å². The van der Waals surface area contributed by atoms with Crippen LogP contribution in [0.2, 0.25) is 5.02 Å². The minimum absolute atomic E-state index is 0.0265. The van der Waals surface area contributed by atoms with E-state index in [2.05, 4.69) is 14.9 Å². The number of aromatic nitrogens is 4. The zero-order valence-corrected chi connectivity index (χ0v) is 19.8. The van der Waals surface area contributed by atoms with E-state index in [1.54, 1.807) is 12.4 Å². The summed E-state index contributed by atoms with van der Waals surface area (Å²) in [5, 5.41) is 1.39. The van der Waals surface area contributed by atoms with Gasteiger partial charge in [0, 0.05) is 42.0 Å². The lowest BCUT2D eigenvalue weighted by Gasteiger charge is -2.15. The number of halogens is 1. The Balaban J connectivity index is 1.56. The molecule has 4 heterocycles. The molecular formula is C27H22ClN5O2. The van der Waals surface area contributed by atoms with Gasteiger partial charge in [0.1, 0.15) is 6.10 Å². The maximum Gasteiger partial charge on any atom is 0.251 e. The summed E-state index contributed by atoms with van der Waals surface area (Å²) < 4.78 is 6.04. The highest BCUT2D eigenvalue weighted by Gasteiger charge is 2.23. The molecule has 35 heavy (non-hydrogen) atoms. The Morgan fingerprint density at radius 1 is 1.03 bits per heavy atom. The van der Waals surface area contributed by atoms with Crippen molar-refractivity contribution < 1.29 is 4.74 Å². The molecule has 3 aromatic heterocycles. The van der Waals surface area contributed by atoms with Crippen LogP contribution in [0.5, 0.6) is 5.75 Å². The van der Waals surface area contributed by atoms with Gasteiger partial charge in [0.15, 0.2) is 16.9 Å². The highest BCUT2D eigenvalue weighted by molar-refractivity contribution is 6.35. The first kappa shape index (κ1) is 21.7.